The molecule has 1 aromatic rings. The molecule has 0 spiro atoms. The van der Waals surface area contributed by atoms with Gasteiger partial charge in [0, 0.05) is 6.04 Å². The number of hydrogen-bond donors (Lipinski definition) is 1. The first-order chi connectivity index (χ1) is 8.47. The van der Waals surface area contributed by atoms with Gasteiger partial charge >= 0.3 is 5.97 Å². The van der Waals surface area contributed by atoms with Gasteiger partial charge in [-0.25, -0.2) is 9.78 Å². The fourth-order valence-electron chi connectivity index (χ4n) is 2.80. The minimum absolute atomic E-state index is 0.195. The number of nitrogens with two attached hydrogens (primary N) is 1. The van der Waals surface area contributed by atoms with Crippen molar-refractivity contribution in [1.29, 1.82) is 0 Å². The van der Waals surface area contributed by atoms with E-state index in [9.17, 15) is 4.79 Å². The van der Waals surface area contributed by atoms with Gasteiger partial charge in [-0.15, -0.1) is 0 Å². The Labute approximate surface area is 107 Å². The molecule has 5 heteroatoms. The molecule has 1 aliphatic carbocycles. The minimum atomic E-state index is -0.440. The molecule has 0 bridgehead atoms. The van der Waals surface area contributed by atoms with Crippen LogP contribution in [0.3, 0.4) is 0 Å². The first-order valence-electron chi connectivity index (χ1n) is 6.46. The van der Waals surface area contributed by atoms with E-state index >= 15 is 0 Å². The maximum Gasteiger partial charge on any atom is 0.360 e. The number of anilines is 1. The van der Waals surface area contributed by atoms with E-state index in [-0.39, 0.29) is 11.1 Å². The molecule has 5 nitrogen and oxygen atoms in total. The molecule has 1 aromatic heterocycles. The lowest BCUT2D eigenvalue weighted by Crippen LogP contribution is -2.22. The highest BCUT2D eigenvalue weighted by molar-refractivity contribution is 5.92. The van der Waals surface area contributed by atoms with Gasteiger partial charge in [0.25, 0.3) is 0 Å². The van der Waals surface area contributed by atoms with Crippen LogP contribution in [-0.4, -0.2) is 22.1 Å². The van der Waals surface area contributed by atoms with Crippen molar-refractivity contribution in [3.63, 3.8) is 0 Å². The molecule has 1 atom stereocenters. The predicted octanol–water partition coefficient (Wildman–Crippen LogP) is 2.39. The zero-order valence-corrected chi connectivity index (χ0v) is 11.3. The maximum absolute atomic E-state index is 11.7. The summed E-state index contributed by atoms with van der Waals surface area (Å²) in [7, 11) is 0. The number of nitrogens with zero attached hydrogens (tertiary/aromatic N) is 2. The van der Waals surface area contributed by atoms with E-state index in [1.54, 1.807) is 13.3 Å². The van der Waals surface area contributed by atoms with Crippen LogP contribution in [0.4, 0.5) is 5.82 Å². The molecule has 0 aliphatic heterocycles. The number of carbonyl (C=O) groups excluding carboxylic acids is 1. The third-order valence-electron chi connectivity index (χ3n) is 3.84. The van der Waals surface area contributed by atoms with Gasteiger partial charge in [-0.3, -0.25) is 0 Å². The molecule has 0 amide bonds. The summed E-state index contributed by atoms with van der Waals surface area (Å²) in [6.45, 7) is 6.56. The molecular formula is C13H21N3O2. The largest absolute Gasteiger partial charge is 0.461 e. The van der Waals surface area contributed by atoms with Gasteiger partial charge in [0.1, 0.15) is 5.82 Å². The molecular weight excluding hydrogens is 230 g/mol. The summed E-state index contributed by atoms with van der Waals surface area (Å²) in [6, 6.07) is 0.313. The topological polar surface area (TPSA) is 70.1 Å². The number of ether oxygens (including phenoxy) is 1. The van der Waals surface area contributed by atoms with E-state index in [2.05, 4.69) is 18.8 Å². The van der Waals surface area contributed by atoms with E-state index < -0.39 is 5.97 Å². The Morgan fingerprint density at radius 1 is 1.67 bits per heavy atom. The molecule has 1 heterocycles. The lowest BCUT2D eigenvalue weighted by molar-refractivity contribution is 0.0521. The normalized spacial score (nSPS) is 22.1. The van der Waals surface area contributed by atoms with E-state index in [1.165, 1.54) is 12.8 Å². The van der Waals surface area contributed by atoms with Gasteiger partial charge in [-0.1, -0.05) is 20.3 Å². The SMILES string of the molecule is CCOC(=O)c1ncn(C2CCCC2(C)C)c1N. The van der Waals surface area contributed by atoms with E-state index in [1.807, 2.05) is 4.57 Å². The highest BCUT2D eigenvalue weighted by Crippen LogP contribution is 2.46. The molecule has 0 aromatic carbocycles. The number of nitrogen functional groups attached to an aromatic ring is 1. The van der Waals surface area contributed by atoms with Crippen molar-refractivity contribution in [2.45, 2.75) is 46.1 Å². The van der Waals surface area contributed by atoms with Crippen LogP contribution >= 0.6 is 0 Å². The fourth-order valence-corrected chi connectivity index (χ4v) is 2.80. The monoisotopic (exact) mass is 251 g/mol. The van der Waals surface area contributed by atoms with Crippen molar-refractivity contribution < 1.29 is 9.53 Å². The zero-order chi connectivity index (χ0) is 13.3. The lowest BCUT2D eigenvalue weighted by Gasteiger charge is -2.28. The van der Waals surface area contributed by atoms with Gasteiger partial charge in [-0.2, -0.15) is 0 Å². The van der Waals surface area contributed by atoms with Gasteiger partial charge in [-0.05, 0) is 25.2 Å². The van der Waals surface area contributed by atoms with Gasteiger partial charge in [0.2, 0.25) is 0 Å². The Morgan fingerprint density at radius 2 is 2.39 bits per heavy atom. The van der Waals surface area contributed by atoms with Crippen molar-refractivity contribution in [2.75, 3.05) is 12.3 Å². The third-order valence-corrected chi connectivity index (χ3v) is 3.84. The molecule has 0 saturated heterocycles. The van der Waals surface area contributed by atoms with Crippen molar-refractivity contribution in [3.05, 3.63) is 12.0 Å². The predicted molar refractivity (Wildman–Crippen MR) is 69.3 cm³/mol. The summed E-state index contributed by atoms with van der Waals surface area (Å²) in [5.41, 5.74) is 6.47. The first-order valence-corrected chi connectivity index (χ1v) is 6.46. The first kappa shape index (κ1) is 12.9. The second kappa shape index (κ2) is 4.63. The number of rotatable bonds is 3. The summed E-state index contributed by atoms with van der Waals surface area (Å²) in [5.74, 6) is -0.0158. The van der Waals surface area contributed by atoms with Crippen LogP contribution in [0.5, 0.6) is 0 Å². The molecule has 2 N–H and O–H groups in total. The Bertz CT molecular complexity index is 451. The summed E-state index contributed by atoms with van der Waals surface area (Å²) < 4.78 is 6.87. The van der Waals surface area contributed by atoms with Gasteiger partial charge < -0.3 is 15.0 Å². The summed E-state index contributed by atoms with van der Waals surface area (Å²) in [4.78, 5) is 15.8. The van der Waals surface area contributed by atoms with Crippen molar-refractivity contribution >= 4 is 11.8 Å². The molecule has 1 fully saturated rings. The van der Waals surface area contributed by atoms with Gasteiger partial charge in [0.05, 0.1) is 12.9 Å². The summed E-state index contributed by atoms with van der Waals surface area (Å²) in [5, 5.41) is 0. The van der Waals surface area contributed by atoms with Crippen LogP contribution in [0.2, 0.25) is 0 Å². The van der Waals surface area contributed by atoms with Crippen LogP contribution in [0.1, 0.15) is 56.6 Å². The van der Waals surface area contributed by atoms with E-state index in [0.29, 0.717) is 18.5 Å². The van der Waals surface area contributed by atoms with Crippen molar-refractivity contribution in [2.24, 2.45) is 5.41 Å². The van der Waals surface area contributed by atoms with Crippen LogP contribution in [-0.2, 0) is 4.74 Å². The quantitative estimate of drug-likeness (QED) is 0.837. The number of imidazole rings is 1. The second-order valence-corrected chi connectivity index (χ2v) is 5.50. The maximum atomic E-state index is 11.7. The Morgan fingerprint density at radius 3 is 2.94 bits per heavy atom. The summed E-state index contributed by atoms with van der Waals surface area (Å²) in [6.07, 6.45) is 5.10. The Hall–Kier alpha value is -1.52. The van der Waals surface area contributed by atoms with E-state index in [4.69, 9.17) is 10.5 Å². The third kappa shape index (κ3) is 2.09. The molecule has 1 unspecified atom stereocenters. The van der Waals surface area contributed by atoms with E-state index in [0.717, 1.165) is 6.42 Å². The smallest absolute Gasteiger partial charge is 0.360 e. The molecule has 18 heavy (non-hydrogen) atoms. The number of aromatic nitrogens is 2. The Balaban J connectivity index is 2.28. The fraction of sp³-hybridized carbons (Fsp3) is 0.692. The highest BCUT2D eigenvalue weighted by atomic mass is 16.5. The number of hydrogen-bond acceptors (Lipinski definition) is 4. The lowest BCUT2D eigenvalue weighted by atomic mass is 9.87. The van der Waals surface area contributed by atoms with Crippen molar-refractivity contribution in [1.82, 2.24) is 9.55 Å². The number of esters is 1. The highest BCUT2D eigenvalue weighted by Gasteiger charge is 2.37. The average molecular weight is 251 g/mol. The summed E-state index contributed by atoms with van der Waals surface area (Å²) >= 11 is 0. The molecule has 1 saturated carbocycles. The Kier molecular flexibility index (Phi) is 3.32. The molecule has 2 rings (SSSR count). The number of carbonyl (C=O) groups is 1. The van der Waals surface area contributed by atoms with Crippen molar-refractivity contribution in [3.8, 4) is 0 Å². The van der Waals surface area contributed by atoms with Crippen LogP contribution in [0.15, 0.2) is 6.33 Å². The standard InChI is InChI=1S/C13H21N3O2/c1-4-18-12(17)10-11(14)16(8-15-10)9-6-5-7-13(9,2)3/h8-9H,4-7,14H2,1-3H3. The average Bonchev–Trinajstić information content (AvgIpc) is 2.81. The minimum Gasteiger partial charge on any atom is -0.461 e. The van der Waals surface area contributed by atoms with Crippen LogP contribution in [0, 0.1) is 5.41 Å². The molecule has 1 aliphatic rings. The van der Waals surface area contributed by atoms with Crippen LogP contribution < -0.4 is 5.73 Å². The second-order valence-electron chi connectivity index (χ2n) is 5.50. The molecule has 100 valence electrons. The van der Waals surface area contributed by atoms with Crippen LogP contribution in [0.25, 0.3) is 0 Å². The van der Waals surface area contributed by atoms with Gasteiger partial charge in [0.15, 0.2) is 5.69 Å². The zero-order valence-electron chi connectivity index (χ0n) is 11.3. The molecule has 0 radical (unpaired) electrons.